The molecule has 28 heavy (non-hydrogen) atoms. The van der Waals surface area contributed by atoms with Gasteiger partial charge >= 0.3 is 0 Å². The number of nitrogens with two attached hydrogens (primary N) is 1. The number of benzene rings is 1. The van der Waals surface area contributed by atoms with Crippen LogP contribution in [0.15, 0.2) is 27.9 Å². The predicted octanol–water partition coefficient (Wildman–Crippen LogP) is 1.78. The average Bonchev–Trinajstić information content (AvgIpc) is 2.95. The summed E-state index contributed by atoms with van der Waals surface area (Å²) >= 11 is 0. The third kappa shape index (κ3) is 3.78. The Hall–Kier alpha value is -2.72. The van der Waals surface area contributed by atoms with Crippen molar-refractivity contribution >= 4 is 15.5 Å². The quantitative estimate of drug-likeness (QED) is 0.616. The number of H-pyrrole nitrogens is 1. The molecule has 3 aromatic rings. The van der Waals surface area contributed by atoms with E-state index in [-0.39, 0.29) is 16.3 Å². The van der Waals surface area contributed by atoms with Crippen molar-refractivity contribution in [2.24, 2.45) is 5.14 Å². The van der Waals surface area contributed by atoms with Crippen LogP contribution in [-0.2, 0) is 16.4 Å². The molecule has 1 aromatic carbocycles. The van der Waals surface area contributed by atoms with Crippen LogP contribution >= 0.6 is 0 Å². The zero-order chi connectivity index (χ0) is 20.5. The SMILES string of the molecule is CCCOc1ccc(S(N)(=O)=O)cc1-c1nn2c(CCC)nc(C)c2c(=O)[nH]1. The fourth-order valence-corrected chi connectivity index (χ4v) is 3.49. The highest BCUT2D eigenvalue weighted by molar-refractivity contribution is 7.89. The third-order valence-electron chi connectivity index (χ3n) is 4.21. The molecule has 0 atom stereocenters. The Morgan fingerprint density at radius 3 is 2.64 bits per heavy atom. The lowest BCUT2D eigenvalue weighted by Crippen LogP contribution is -2.17. The Morgan fingerprint density at radius 1 is 1.25 bits per heavy atom. The van der Waals surface area contributed by atoms with Crippen LogP contribution in [0.2, 0.25) is 0 Å². The van der Waals surface area contributed by atoms with E-state index in [1.165, 1.54) is 22.7 Å². The maximum Gasteiger partial charge on any atom is 0.277 e. The van der Waals surface area contributed by atoms with Gasteiger partial charge in [0.15, 0.2) is 11.3 Å². The molecule has 0 bridgehead atoms. The molecule has 0 aliphatic rings. The number of imidazole rings is 1. The highest BCUT2D eigenvalue weighted by atomic mass is 32.2. The van der Waals surface area contributed by atoms with Gasteiger partial charge < -0.3 is 9.72 Å². The van der Waals surface area contributed by atoms with Crippen LogP contribution in [0.4, 0.5) is 0 Å². The highest BCUT2D eigenvalue weighted by Gasteiger charge is 2.19. The van der Waals surface area contributed by atoms with Crippen molar-refractivity contribution in [2.75, 3.05) is 6.61 Å². The van der Waals surface area contributed by atoms with E-state index in [1.807, 2.05) is 13.8 Å². The average molecular weight is 405 g/mol. The molecule has 3 N–H and O–H groups in total. The molecule has 0 saturated carbocycles. The van der Waals surface area contributed by atoms with Gasteiger partial charge in [-0.05, 0) is 38.0 Å². The summed E-state index contributed by atoms with van der Waals surface area (Å²) < 4.78 is 30.8. The lowest BCUT2D eigenvalue weighted by atomic mass is 10.2. The zero-order valence-corrected chi connectivity index (χ0v) is 16.8. The van der Waals surface area contributed by atoms with Crippen LogP contribution < -0.4 is 15.4 Å². The van der Waals surface area contributed by atoms with Crippen molar-refractivity contribution in [3.05, 3.63) is 40.1 Å². The van der Waals surface area contributed by atoms with Crippen molar-refractivity contribution in [1.82, 2.24) is 19.6 Å². The molecule has 0 amide bonds. The van der Waals surface area contributed by atoms with Gasteiger partial charge in [0, 0.05) is 6.42 Å². The summed E-state index contributed by atoms with van der Waals surface area (Å²) in [6.45, 7) is 6.15. The number of aromatic amines is 1. The number of rotatable bonds is 7. The van der Waals surface area contributed by atoms with E-state index in [2.05, 4.69) is 15.1 Å². The fourth-order valence-electron chi connectivity index (χ4n) is 2.95. The first kappa shape index (κ1) is 20.0. The van der Waals surface area contributed by atoms with E-state index < -0.39 is 10.0 Å². The van der Waals surface area contributed by atoms with Crippen LogP contribution in [0, 0.1) is 6.92 Å². The van der Waals surface area contributed by atoms with E-state index in [1.54, 1.807) is 6.92 Å². The minimum absolute atomic E-state index is 0.0929. The van der Waals surface area contributed by atoms with Gasteiger partial charge in [0.1, 0.15) is 11.6 Å². The Kier molecular flexibility index (Phi) is 5.52. The molecule has 0 aliphatic heterocycles. The van der Waals surface area contributed by atoms with Gasteiger partial charge in [0.2, 0.25) is 10.0 Å². The molecule has 0 unspecified atom stereocenters. The molecule has 9 nitrogen and oxygen atoms in total. The number of sulfonamides is 1. The number of hydrogen-bond donors (Lipinski definition) is 2. The Morgan fingerprint density at radius 2 is 2.00 bits per heavy atom. The molecular formula is C18H23N5O4S. The van der Waals surface area contributed by atoms with Crippen LogP contribution in [0.1, 0.15) is 38.2 Å². The van der Waals surface area contributed by atoms with E-state index in [4.69, 9.17) is 9.88 Å². The van der Waals surface area contributed by atoms with E-state index >= 15 is 0 Å². The first-order valence-corrected chi connectivity index (χ1v) is 10.6. The monoisotopic (exact) mass is 405 g/mol. The Labute approximate surface area is 162 Å². The van der Waals surface area contributed by atoms with Crippen LogP contribution in [0.3, 0.4) is 0 Å². The number of fused-ring (bicyclic) bond motifs is 1. The molecule has 0 radical (unpaired) electrons. The summed E-state index contributed by atoms with van der Waals surface area (Å²) in [4.78, 5) is 19.7. The van der Waals surface area contributed by atoms with Crippen LogP contribution in [0.25, 0.3) is 16.9 Å². The van der Waals surface area contributed by atoms with Crippen molar-refractivity contribution in [1.29, 1.82) is 0 Å². The van der Waals surface area contributed by atoms with E-state index in [9.17, 15) is 13.2 Å². The number of nitrogens with zero attached hydrogens (tertiary/aromatic N) is 3. The molecule has 0 aliphatic carbocycles. The lowest BCUT2D eigenvalue weighted by Gasteiger charge is -2.12. The number of aryl methyl sites for hydroxylation is 2. The summed E-state index contributed by atoms with van der Waals surface area (Å²) in [7, 11) is -3.93. The van der Waals surface area contributed by atoms with Crippen molar-refractivity contribution < 1.29 is 13.2 Å². The van der Waals surface area contributed by atoms with Crippen molar-refractivity contribution in [3.63, 3.8) is 0 Å². The minimum Gasteiger partial charge on any atom is -0.493 e. The van der Waals surface area contributed by atoms with Gasteiger partial charge in [-0.1, -0.05) is 13.8 Å². The molecule has 3 rings (SSSR count). The molecule has 150 valence electrons. The standard InChI is InChI=1S/C18H23N5O4S/c1-4-6-15-20-11(3)16-18(24)21-17(22-23(15)16)13-10-12(28(19,25)26)7-8-14(13)27-9-5-2/h7-8,10H,4-6,9H2,1-3H3,(H2,19,25,26)(H,21,22,24). The molecule has 0 saturated heterocycles. The minimum atomic E-state index is -3.93. The fraction of sp³-hybridized carbons (Fsp3) is 0.389. The second-order valence-electron chi connectivity index (χ2n) is 6.48. The number of ether oxygens (including phenoxy) is 1. The van der Waals surface area contributed by atoms with Crippen LogP contribution in [-0.4, -0.2) is 34.6 Å². The maximum absolute atomic E-state index is 12.7. The summed E-state index contributed by atoms with van der Waals surface area (Å²) in [5.41, 5.74) is 0.933. The zero-order valence-electron chi connectivity index (χ0n) is 16.0. The molecule has 2 heterocycles. The second kappa shape index (κ2) is 7.72. The topological polar surface area (TPSA) is 132 Å². The summed E-state index contributed by atoms with van der Waals surface area (Å²) in [5, 5.41) is 9.79. The van der Waals surface area contributed by atoms with E-state index in [0.29, 0.717) is 41.4 Å². The number of hydrogen-bond acceptors (Lipinski definition) is 6. The highest BCUT2D eigenvalue weighted by Crippen LogP contribution is 2.30. The van der Waals surface area contributed by atoms with Crippen LogP contribution in [0.5, 0.6) is 5.75 Å². The van der Waals surface area contributed by atoms with Crippen molar-refractivity contribution in [3.8, 4) is 17.1 Å². The molecule has 10 heteroatoms. The first-order valence-electron chi connectivity index (χ1n) is 9.04. The van der Waals surface area contributed by atoms with Gasteiger partial charge in [0.25, 0.3) is 5.56 Å². The summed E-state index contributed by atoms with van der Waals surface area (Å²) in [5.74, 6) is 1.26. The molecule has 0 fully saturated rings. The molecule has 0 spiro atoms. The van der Waals surface area contributed by atoms with Gasteiger partial charge in [-0.15, -0.1) is 5.10 Å². The predicted molar refractivity (Wildman–Crippen MR) is 105 cm³/mol. The Bertz CT molecular complexity index is 1180. The van der Waals surface area contributed by atoms with Gasteiger partial charge in [-0.25, -0.2) is 23.1 Å². The van der Waals surface area contributed by atoms with Gasteiger partial charge in [-0.2, -0.15) is 0 Å². The number of primary sulfonamides is 1. The van der Waals surface area contributed by atoms with Crippen molar-refractivity contribution in [2.45, 2.75) is 44.9 Å². The molecular weight excluding hydrogens is 382 g/mol. The maximum atomic E-state index is 12.7. The van der Waals surface area contributed by atoms with Gasteiger partial charge in [0.05, 0.1) is 22.8 Å². The lowest BCUT2D eigenvalue weighted by molar-refractivity contribution is 0.318. The second-order valence-corrected chi connectivity index (χ2v) is 8.04. The molecule has 2 aromatic heterocycles. The summed E-state index contributed by atoms with van der Waals surface area (Å²) in [6.07, 6.45) is 2.26. The first-order chi connectivity index (χ1) is 13.3. The largest absolute Gasteiger partial charge is 0.493 e. The Balaban J connectivity index is 2.27. The normalized spacial score (nSPS) is 11.9. The summed E-state index contributed by atoms with van der Waals surface area (Å²) in [6, 6.07) is 4.24. The number of aromatic nitrogens is 4. The van der Waals surface area contributed by atoms with Gasteiger partial charge in [-0.3, -0.25) is 4.79 Å². The third-order valence-corrected chi connectivity index (χ3v) is 5.12. The smallest absolute Gasteiger partial charge is 0.277 e. The number of nitrogens with one attached hydrogen (secondary N) is 1. The van der Waals surface area contributed by atoms with E-state index in [0.717, 1.165) is 12.8 Å².